The van der Waals surface area contributed by atoms with Gasteiger partial charge in [-0.3, -0.25) is 28.8 Å². The molecule has 10 N–H and O–H groups in total. The largest absolute Gasteiger partial charge is 0.448 e. The lowest BCUT2D eigenvalue weighted by Gasteiger charge is -2.28. The second-order valence-corrected chi connectivity index (χ2v) is 17.3. The second-order valence-electron chi connectivity index (χ2n) is 17.3. The minimum absolute atomic E-state index is 0.0401. The van der Waals surface area contributed by atoms with E-state index in [1.807, 2.05) is 0 Å². The van der Waals surface area contributed by atoms with Crippen molar-refractivity contribution < 1.29 is 38.2 Å². The summed E-state index contributed by atoms with van der Waals surface area (Å²) in [6.07, 6.45) is 27.5. The van der Waals surface area contributed by atoms with Gasteiger partial charge in [-0.1, -0.05) is 168 Å². The van der Waals surface area contributed by atoms with Gasteiger partial charge in [0.1, 0.15) is 12.1 Å². The molecule has 0 radical (unpaired) electrons. The van der Waals surface area contributed by atoms with Crippen LogP contribution < -0.4 is 33.6 Å². The van der Waals surface area contributed by atoms with Crippen molar-refractivity contribution in [1.29, 1.82) is 0 Å². The molecule has 0 aliphatic carbocycles. The minimum atomic E-state index is -1.98. The van der Waals surface area contributed by atoms with Crippen molar-refractivity contribution in [2.24, 2.45) is 22.9 Å². The maximum atomic E-state index is 14.0. The summed E-state index contributed by atoms with van der Waals surface area (Å²) in [6.45, 7) is 5.18. The Morgan fingerprint density at radius 1 is 0.387 bits per heavy atom. The third kappa shape index (κ3) is 33.3. The number of hydrogen-bond acceptors (Lipinski definition) is 10. The lowest BCUT2D eigenvalue weighted by molar-refractivity contribution is -0.177. The smallest absolute Gasteiger partial charge is 0.306 e. The van der Waals surface area contributed by atoms with Crippen LogP contribution in [0.25, 0.3) is 0 Å². The van der Waals surface area contributed by atoms with E-state index in [1.165, 1.54) is 103 Å². The van der Waals surface area contributed by atoms with Gasteiger partial charge in [0.05, 0.1) is 0 Å². The Kier molecular flexibility index (Phi) is 39.5. The molecule has 4 amide bonds. The summed E-state index contributed by atoms with van der Waals surface area (Å²) in [7, 11) is 0. The third-order valence-corrected chi connectivity index (χ3v) is 11.5. The van der Waals surface area contributed by atoms with Gasteiger partial charge in [-0.2, -0.15) is 0 Å². The lowest BCUT2D eigenvalue weighted by Crippen LogP contribution is -2.58. The first kappa shape index (κ1) is 58.7. The van der Waals surface area contributed by atoms with Crippen LogP contribution in [0, 0.1) is 0 Å². The van der Waals surface area contributed by atoms with E-state index in [2.05, 4.69) is 24.5 Å². The molecular weight excluding hydrogens is 789 g/mol. The number of ether oxygens (including phenoxy) is 2. The molecule has 0 aromatic carbocycles. The lowest BCUT2D eigenvalue weighted by atomic mass is 10.0. The van der Waals surface area contributed by atoms with E-state index >= 15 is 0 Å². The summed E-state index contributed by atoms with van der Waals surface area (Å²) in [6, 6.07) is -2.34. The van der Waals surface area contributed by atoms with Gasteiger partial charge < -0.3 is 43.0 Å². The van der Waals surface area contributed by atoms with Crippen LogP contribution in [0.4, 0.5) is 0 Å². The van der Waals surface area contributed by atoms with E-state index in [0.29, 0.717) is 51.6 Å². The summed E-state index contributed by atoms with van der Waals surface area (Å²) in [5.41, 5.74) is 22.5. The Morgan fingerprint density at radius 2 is 0.645 bits per heavy atom. The van der Waals surface area contributed by atoms with E-state index in [4.69, 9.17) is 32.4 Å². The Morgan fingerprint density at radius 3 is 0.887 bits per heavy atom. The van der Waals surface area contributed by atoms with Crippen molar-refractivity contribution in [3.8, 4) is 0 Å². The zero-order valence-corrected chi connectivity index (χ0v) is 39.3. The van der Waals surface area contributed by atoms with Crippen molar-refractivity contribution in [1.82, 2.24) is 10.6 Å². The number of hydrogen-bond donors (Lipinski definition) is 6. The van der Waals surface area contributed by atoms with E-state index < -0.39 is 59.9 Å². The van der Waals surface area contributed by atoms with E-state index in [9.17, 15) is 28.8 Å². The van der Waals surface area contributed by atoms with E-state index in [-0.39, 0.29) is 25.7 Å². The van der Waals surface area contributed by atoms with E-state index in [0.717, 1.165) is 51.4 Å². The second kappa shape index (κ2) is 41.7. The molecule has 362 valence electrons. The number of nitrogens with one attached hydrogen (secondary N) is 2. The van der Waals surface area contributed by atoms with Crippen LogP contribution in [0.2, 0.25) is 0 Å². The fourth-order valence-electron chi connectivity index (χ4n) is 7.55. The maximum absolute atomic E-state index is 14.0. The molecule has 0 heterocycles. The number of rotatable bonds is 45. The molecule has 0 fully saturated rings. The topological polar surface area (TPSA) is 249 Å². The van der Waals surface area contributed by atoms with Gasteiger partial charge >= 0.3 is 11.9 Å². The maximum Gasteiger partial charge on any atom is 0.306 e. The van der Waals surface area contributed by atoms with Gasteiger partial charge in [-0.15, -0.1) is 0 Å². The highest BCUT2D eigenvalue weighted by atomic mass is 16.6. The molecule has 0 aliphatic heterocycles. The molecule has 0 bridgehead atoms. The van der Waals surface area contributed by atoms with Crippen molar-refractivity contribution in [2.75, 3.05) is 13.1 Å². The molecule has 4 atom stereocenters. The average molecular weight is 881 g/mol. The highest BCUT2D eigenvalue weighted by Gasteiger charge is 2.42. The van der Waals surface area contributed by atoms with Crippen LogP contribution in [0.1, 0.15) is 232 Å². The molecule has 0 aliphatic rings. The molecule has 14 heteroatoms. The van der Waals surface area contributed by atoms with Gasteiger partial charge in [0.2, 0.25) is 24.0 Å². The van der Waals surface area contributed by atoms with Gasteiger partial charge in [0.15, 0.2) is 0 Å². The summed E-state index contributed by atoms with van der Waals surface area (Å²) < 4.78 is 11.4. The van der Waals surface area contributed by atoms with E-state index in [1.54, 1.807) is 0 Å². The highest BCUT2D eigenvalue weighted by Crippen LogP contribution is 2.18. The predicted octanol–water partition coefficient (Wildman–Crippen LogP) is 7.97. The minimum Gasteiger partial charge on any atom is -0.448 e. The van der Waals surface area contributed by atoms with Crippen molar-refractivity contribution >= 4 is 35.6 Å². The number of carbonyl (C=O) groups excluding carboxylic acids is 6. The molecule has 0 saturated heterocycles. The quantitative estimate of drug-likeness (QED) is 0.0254. The van der Waals surface area contributed by atoms with Gasteiger partial charge in [-0.05, 0) is 64.5 Å². The number of unbranched alkanes of at least 4 members (excludes halogenated alkanes) is 26. The van der Waals surface area contributed by atoms with Gasteiger partial charge in [0, 0.05) is 12.8 Å². The first-order valence-corrected chi connectivity index (χ1v) is 25.0. The molecule has 0 aromatic heterocycles. The Bertz CT molecular complexity index is 1090. The summed E-state index contributed by atoms with van der Waals surface area (Å²) in [5.74, 6) is -5.28. The molecule has 14 nitrogen and oxygen atoms in total. The zero-order valence-electron chi connectivity index (χ0n) is 39.3. The molecule has 0 spiro atoms. The molecule has 62 heavy (non-hydrogen) atoms. The number of carbonyl (C=O) groups is 6. The number of amides is 4. The zero-order chi connectivity index (χ0) is 46.1. The predicted molar refractivity (Wildman–Crippen MR) is 248 cm³/mol. The van der Waals surface area contributed by atoms with Crippen LogP contribution in [-0.4, -0.2) is 72.9 Å². The third-order valence-electron chi connectivity index (χ3n) is 11.5. The Labute approximate surface area is 376 Å². The van der Waals surface area contributed by atoms with Gasteiger partial charge in [-0.25, -0.2) is 0 Å². The normalized spacial score (nSPS) is 13.2. The standard InChI is InChI=1S/C48H92N6O8/c1-3-5-7-9-11-13-15-17-19-21-23-25-27-35-41(55)61-43(47(59)53-39(45(51)57)33-29-31-37-49)44(48(60)54-40(46(52)58)34-30-32-38-50)62-42(56)36-28-26-24-22-20-18-16-14-12-10-8-6-4-2/h39-40,43-44H,3-38,49-50H2,1-2H3,(H2,51,57)(H2,52,58)(H,53,59)(H,54,60)/t39-,40-,43+,44+/m0/s1. The fraction of sp³-hybridized carbons (Fsp3) is 0.875. The number of nitrogens with two attached hydrogens (primary N) is 4. The monoisotopic (exact) mass is 881 g/mol. The first-order valence-electron chi connectivity index (χ1n) is 25.0. The Hall–Kier alpha value is -3.26. The average Bonchev–Trinajstić information content (AvgIpc) is 3.24. The Balaban J connectivity index is 5.75. The van der Waals surface area contributed by atoms with Crippen molar-refractivity contribution in [2.45, 2.75) is 256 Å². The van der Waals surface area contributed by atoms with Crippen LogP contribution >= 0.6 is 0 Å². The van der Waals surface area contributed by atoms with Gasteiger partial charge in [0.25, 0.3) is 11.8 Å². The van der Waals surface area contributed by atoms with Crippen LogP contribution in [-0.2, 0) is 38.2 Å². The highest BCUT2D eigenvalue weighted by molar-refractivity contribution is 5.97. The molecule has 0 saturated carbocycles. The fourth-order valence-corrected chi connectivity index (χ4v) is 7.55. The summed E-state index contributed by atoms with van der Waals surface area (Å²) in [5, 5.41) is 5.02. The number of primary amides is 2. The molecule has 0 rings (SSSR count). The molecular formula is C48H92N6O8. The number of esters is 2. The molecule has 0 aromatic rings. The first-order chi connectivity index (χ1) is 30.0. The van der Waals surface area contributed by atoms with Crippen molar-refractivity contribution in [3.63, 3.8) is 0 Å². The summed E-state index contributed by atoms with van der Waals surface area (Å²) in [4.78, 5) is 79.4. The summed E-state index contributed by atoms with van der Waals surface area (Å²) >= 11 is 0. The van der Waals surface area contributed by atoms with Crippen LogP contribution in [0.3, 0.4) is 0 Å². The van der Waals surface area contributed by atoms with Crippen LogP contribution in [0.5, 0.6) is 0 Å². The van der Waals surface area contributed by atoms with Crippen LogP contribution in [0.15, 0.2) is 0 Å². The SMILES string of the molecule is CCCCCCCCCCCCCCCC(=O)O[C@@H](C(=O)N[C@@H](CCCCN)C(N)=O)[C@@H](OC(=O)CCCCCCCCCCCCCCC)C(=O)N[C@@H](CCCCN)C(N)=O. The molecule has 0 unspecified atom stereocenters. The van der Waals surface area contributed by atoms with Crippen molar-refractivity contribution in [3.05, 3.63) is 0 Å².